The van der Waals surface area contributed by atoms with Gasteiger partial charge in [-0.2, -0.15) is 15.0 Å². The second-order valence-corrected chi connectivity index (χ2v) is 16.0. The van der Waals surface area contributed by atoms with E-state index in [0.29, 0.717) is 17.1 Å². The Bertz CT molecular complexity index is 2670. The monoisotopic (exact) mass is 824 g/mol. The van der Waals surface area contributed by atoms with Gasteiger partial charge in [-0.25, -0.2) is 36.0 Å². The number of rotatable bonds is 14. The molecule has 18 nitrogen and oxygen atoms in total. The Kier molecular flexibility index (Phi) is 10.9. The maximum absolute atomic E-state index is 13.4. The van der Waals surface area contributed by atoms with Gasteiger partial charge in [0.1, 0.15) is 0 Å². The average Bonchev–Trinajstić information content (AvgIpc) is 3.20. The predicted octanol–water partition coefficient (Wildman–Crippen LogP) is 5.59. The lowest BCUT2D eigenvalue weighted by Crippen LogP contribution is -2.16. The summed E-state index contributed by atoms with van der Waals surface area (Å²) < 4.78 is 53.5. The lowest BCUT2D eigenvalue weighted by molar-refractivity contribution is 0.0651. The van der Waals surface area contributed by atoms with Crippen molar-refractivity contribution in [2.45, 2.75) is 19.6 Å². The molecular weight excluding hydrogens is 797 g/mol. The Hall–Kier alpha value is -7.71. The molecule has 0 aliphatic heterocycles. The molecule has 5 aromatic carbocycles. The molecule has 0 atom stereocenters. The molecule has 58 heavy (non-hydrogen) atoms. The number of nitrogens with one attached hydrogen (secondary N) is 2. The summed E-state index contributed by atoms with van der Waals surface area (Å²) in [7, 11) is -6.86. The van der Waals surface area contributed by atoms with Gasteiger partial charge in [0.2, 0.25) is 37.5 Å². The first-order valence-electron chi connectivity index (χ1n) is 16.5. The van der Waals surface area contributed by atoms with Crippen molar-refractivity contribution in [1.29, 1.82) is 0 Å². The van der Waals surface area contributed by atoms with Crippen molar-refractivity contribution in [3.05, 3.63) is 138 Å². The fourth-order valence-electron chi connectivity index (χ4n) is 5.47. The molecule has 0 bridgehead atoms. The van der Waals surface area contributed by atoms with Crippen LogP contribution < -0.4 is 15.5 Å². The zero-order chi connectivity index (χ0) is 41.9. The Balaban J connectivity index is 1.28. The lowest BCUT2D eigenvalue weighted by atomic mass is 10.1. The van der Waals surface area contributed by atoms with Gasteiger partial charge in [0, 0.05) is 24.1 Å². The number of hydrogen-bond acceptors (Lipinski definition) is 14. The maximum atomic E-state index is 13.4. The maximum Gasteiger partial charge on any atom is 0.336 e. The highest BCUT2D eigenvalue weighted by Crippen LogP contribution is 2.29. The van der Waals surface area contributed by atoms with Crippen LogP contribution in [-0.2, 0) is 19.7 Å². The second kappa shape index (κ2) is 15.8. The van der Waals surface area contributed by atoms with Crippen LogP contribution in [-0.4, -0.2) is 83.1 Å². The SMILES string of the molecule is CN(c1ccccc1)c1nc(Nc2ccc(S(=O)(=O)c3ccc(C(=O)O)c(C(=O)O)c3)cc2)nc(Nc2ccc(S(=O)(=O)c3ccc(C(=O)O)c(C(=O)O)c3)cc2)n1. The quantitative estimate of drug-likeness (QED) is 0.0781. The number of benzene rings is 5. The van der Waals surface area contributed by atoms with Crippen molar-refractivity contribution >= 4 is 78.5 Å². The second-order valence-electron chi connectivity index (χ2n) is 12.1. The molecule has 0 saturated carbocycles. The molecule has 0 aliphatic rings. The van der Waals surface area contributed by atoms with Gasteiger partial charge < -0.3 is 36.0 Å². The van der Waals surface area contributed by atoms with E-state index in [4.69, 9.17) is 0 Å². The average molecular weight is 825 g/mol. The molecule has 6 N–H and O–H groups in total. The van der Waals surface area contributed by atoms with Crippen LogP contribution in [0.25, 0.3) is 0 Å². The highest BCUT2D eigenvalue weighted by Gasteiger charge is 2.25. The number of aromatic nitrogens is 3. The van der Waals surface area contributed by atoms with Gasteiger partial charge >= 0.3 is 23.9 Å². The van der Waals surface area contributed by atoms with Crippen LogP contribution >= 0.6 is 0 Å². The van der Waals surface area contributed by atoms with Crippen LogP contribution in [0.4, 0.5) is 34.9 Å². The summed E-state index contributed by atoms with van der Waals surface area (Å²) >= 11 is 0. The van der Waals surface area contributed by atoms with Crippen molar-refractivity contribution in [2.24, 2.45) is 0 Å². The van der Waals surface area contributed by atoms with Gasteiger partial charge in [-0.1, -0.05) is 18.2 Å². The summed E-state index contributed by atoms with van der Waals surface area (Å²) in [6, 6.07) is 25.1. The van der Waals surface area contributed by atoms with E-state index < -0.39 is 75.6 Å². The minimum absolute atomic E-state index is 0.000474. The number of carboxylic acid groups (broad SMARTS) is 4. The van der Waals surface area contributed by atoms with E-state index in [2.05, 4.69) is 25.6 Å². The van der Waals surface area contributed by atoms with Crippen molar-refractivity contribution in [3.8, 4) is 0 Å². The molecule has 0 amide bonds. The van der Waals surface area contributed by atoms with Crippen LogP contribution in [0.1, 0.15) is 41.4 Å². The van der Waals surface area contributed by atoms with E-state index >= 15 is 0 Å². The van der Waals surface area contributed by atoms with Gasteiger partial charge in [-0.05, 0) is 97.1 Å². The van der Waals surface area contributed by atoms with Gasteiger partial charge in [0.15, 0.2) is 0 Å². The highest BCUT2D eigenvalue weighted by atomic mass is 32.2. The molecule has 0 fully saturated rings. The Morgan fingerprint density at radius 2 is 0.845 bits per heavy atom. The van der Waals surface area contributed by atoms with E-state index in [-0.39, 0.29) is 27.6 Å². The zero-order valence-corrected chi connectivity index (χ0v) is 31.3. The Morgan fingerprint density at radius 1 is 0.483 bits per heavy atom. The number of sulfone groups is 2. The molecule has 0 unspecified atom stereocenters. The number of anilines is 6. The molecular formula is C38H28N6O12S2. The third kappa shape index (κ3) is 8.27. The first-order valence-corrected chi connectivity index (χ1v) is 19.4. The largest absolute Gasteiger partial charge is 0.478 e. The standard InChI is InChI=1S/C38H28N6O12S2/c1-44(23-5-3-2-4-6-23)38-42-36(39-21-7-11-24(12-8-21)57(53,54)26-15-17-28(32(45)46)30(19-26)34(49)50)41-37(43-38)40-22-9-13-25(14-10-22)58(55,56)27-16-18-29(33(47)48)31(20-27)35(51)52/h2-20H,1H3,(H,45,46)(H,47,48)(H,49,50)(H,51,52)(H2,39,40,41,42,43). The zero-order valence-electron chi connectivity index (χ0n) is 29.6. The van der Waals surface area contributed by atoms with E-state index in [9.17, 15) is 56.4 Å². The number of nitrogens with zero attached hydrogens (tertiary/aromatic N) is 4. The summed E-state index contributed by atoms with van der Waals surface area (Å²) in [6.45, 7) is 0. The molecule has 0 aliphatic carbocycles. The van der Waals surface area contributed by atoms with Crippen molar-refractivity contribution < 1.29 is 56.4 Å². The molecule has 294 valence electrons. The third-order valence-electron chi connectivity index (χ3n) is 8.43. The van der Waals surface area contributed by atoms with Crippen LogP contribution in [0.5, 0.6) is 0 Å². The number of carbonyl (C=O) groups is 4. The summed E-state index contributed by atoms with van der Waals surface area (Å²) in [5, 5.41) is 43.5. The minimum Gasteiger partial charge on any atom is -0.478 e. The van der Waals surface area contributed by atoms with Gasteiger partial charge in [-0.3, -0.25) is 0 Å². The molecule has 6 aromatic rings. The molecule has 1 heterocycles. The fourth-order valence-corrected chi connectivity index (χ4v) is 8.04. The van der Waals surface area contributed by atoms with Crippen molar-refractivity contribution in [2.75, 3.05) is 22.6 Å². The molecule has 0 saturated heterocycles. The van der Waals surface area contributed by atoms with Gasteiger partial charge in [-0.15, -0.1) is 0 Å². The molecule has 1 aromatic heterocycles. The number of aromatic carboxylic acids is 4. The lowest BCUT2D eigenvalue weighted by Gasteiger charge is -2.19. The Morgan fingerprint density at radius 3 is 1.21 bits per heavy atom. The number of carboxylic acids is 4. The summed E-state index contributed by atoms with van der Waals surface area (Å²) in [5.74, 6) is -6.12. The first-order chi connectivity index (χ1) is 27.4. The topological polar surface area (TPSA) is 283 Å². The van der Waals surface area contributed by atoms with E-state index in [1.807, 2.05) is 30.3 Å². The number of hydrogen-bond donors (Lipinski definition) is 6. The van der Waals surface area contributed by atoms with Gasteiger partial charge in [0.25, 0.3) is 0 Å². The summed E-state index contributed by atoms with van der Waals surface area (Å²) in [6.07, 6.45) is 0. The highest BCUT2D eigenvalue weighted by molar-refractivity contribution is 7.91. The van der Waals surface area contributed by atoms with Crippen molar-refractivity contribution in [1.82, 2.24) is 15.0 Å². The molecule has 20 heteroatoms. The molecule has 6 rings (SSSR count). The minimum atomic E-state index is -4.28. The summed E-state index contributed by atoms with van der Waals surface area (Å²) in [4.78, 5) is 60.0. The van der Waals surface area contributed by atoms with Crippen LogP contribution in [0.15, 0.2) is 135 Å². The van der Waals surface area contributed by atoms with Crippen molar-refractivity contribution in [3.63, 3.8) is 0 Å². The Labute approximate surface area is 328 Å². The van der Waals surface area contributed by atoms with E-state index in [1.54, 1.807) is 11.9 Å². The predicted molar refractivity (Wildman–Crippen MR) is 205 cm³/mol. The first kappa shape index (κ1) is 40.0. The third-order valence-corrected chi connectivity index (χ3v) is 12.0. The van der Waals surface area contributed by atoms with Crippen LogP contribution in [0.2, 0.25) is 0 Å². The molecule has 0 radical (unpaired) electrons. The van der Waals surface area contributed by atoms with Crippen LogP contribution in [0.3, 0.4) is 0 Å². The van der Waals surface area contributed by atoms with Crippen LogP contribution in [0, 0.1) is 0 Å². The fraction of sp³-hybridized carbons (Fsp3) is 0.0263. The smallest absolute Gasteiger partial charge is 0.336 e. The van der Waals surface area contributed by atoms with Gasteiger partial charge in [0.05, 0.1) is 41.8 Å². The molecule has 0 spiro atoms. The van der Waals surface area contributed by atoms with E-state index in [1.165, 1.54) is 48.5 Å². The summed E-state index contributed by atoms with van der Waals surface area (Å²) in [5.41, 5.74) is -1.16. The van der Waals surface area contributed by atoms with E-state index in [0.717, 1.165) is 36.4 Å². The number of para-hydroxylation sites is 1. The normalized spacial score (nSPS) is 11.3.